The fraction of sp³-hybridized carbons (Fsp3) is 0.385. The zero-order valence-corrected chi connectivity index (χ0v) is 13.8. The average molecular weight is 350 g/mol. The molecule has 1 saturated heterocycles. The highest BCUT2D eigenvalue weighted by Crippen LogP contribution is 2.24. The van der Waals surface area contributed by atoms with Gasteiger partial charge in [-0.15, -0.1) is 0 Å². The maximum absolute atomic E-state index is 12.0. The number of hydrogen-bond donors (Lipinski definition) is 1. The van der Waals surface area contributed by atoms with E-state index in [1.807, 2.05) is 0 Å². The van der Waals surface area contributed by atoms with E-state index in [1.165, 1.54) is 6.08 Å². The molecule has 1 fully saturated rings. The summed E-state index contributed by atoms with van der Waals surface area (Å²) in [5.41, 5.74) is -0.254. The van der Waals surface area contributed by atoms with Gasteiger partial charge in [-0.1, -0.05) is 23.7 Å². The smallest absolute Gasteiger partial charge is 0.229 e. The van der Waals surface area contributed by atoms with Crippen molar-refractivity contribution in [3.63, 3.8) is 0 Å². The Balaban J connectivity index is 2.11. The van der Waals surface area contributed by atoms with Crippen molar-refractivity contribution in [3.05, 3.63) is 40.3 Å². The molecule has 1 aromatic carbocycles. The molecule has 2 rings (SSSR count). The Hall–Kier alpha value is -0.890. The molecule has 0 aliphatic carbocycles. The first kappa shape index (κ1) is 16.5. The van der Waals surface area contributed by atoms with Crippen molar-refractivity contribution in [2.24, 2.45) is 0 Å². The van der Waals surface area contributed by atoms with Gasteiger partial charge in [-0.25, -0.2) is 21.6 Å². The highest BCUT2D eigenvalue weighted by Gasteiger charge is 2.40. The van der Waals surface area contributed by atoms with Crippen molar-refractivity contribution in [2.45, 2.75) is 18.9 Å². The van der Waals surface area contributed by atoms with E-state index in [2.05, 4.69) is 4.72 Å². The first-order chi connectivity index (χ1) is 9.59. The van der Waals surface area contributed by atoms with E-state index < -0.39 is 25.4 Å². The van der Waals surface area contributed by atoms with E-state index in [4.69, 9.17) is 11.6 Å². The van der Waals surface area contributed by atoms with Crippen molar-refractivity contribution in [1.82, 2.24) is 4.72 Å². The molecule has 0 bridgehead atoms. The highest BCUT2D eigenvalue weighted by atomic mass is 35.5. The Labute approximate surface area is 130 Å². The van der Waals surface area contributed by atoms with Crippen molar-refractivity contribution in [3.8, 4) is 0 Å². The van der Waals surface area contributed by atoms with Crippen molar-refractivity contribution in [2.75, 3.05) is 11.5 Å². The van der Waals surface area contributed by atoms with Gasteiger partial charge >= 0.3 is 0 Å². The number of nitrogens with one attached hydrogen (secondary N) is 1. The lowest BCUT2D eigenvalue weighted by Crippen LogP contribution is -2.45. The summed E-state index contributed by atoms with van der Waals surface area (Å²) in [7, 11) is -6.87. The normalized spacial score (nSPS) is 25.4. The molecule has 116 valence electrons. The van der Waals surface area contributed by atoms with Crippen LogP contribution in [0.15, 0.2) is 29.7 Å². The largest absolute Gasteiger partial charge is 0.234 e. The molecule has 1 aliphatic heterocycles. The van der Waals surface area contributed by atoms with Crippen molar-refractivity contribution in [1.29, 1.82) is 0 Å². The predicted molar refractivity (Wildman–Crippen MR) is 84.2 cm³/mol. The first-order valence-corrected chi connectivity index (χ1v) is 10.0. The Morgan fingerprint density at radius 1 is 1.29 bits per heavy atom. The van der Waals surface area contributed by atoms with E-state index in [1.54, 1.807) is 31.2 Å². The zero-order valence-electron chi connectivity index (χ0n) is 11.4. The fourth-order valence-corrected chi connectivity index (χ4v) is 5.79. The number of benzene rings is 1. The molecule has 1 N–H and O–H groups in total. The molecule has 0 radical (unpaired) electrons. The van der Waals surface area contributed by atoms with Crippen LogP contribution in [0.4, 0.5) is 0 Å². The number of hydrogen-bond acceptors (Lipinski definition) is 4. The SMILES string of the molecule is C[C@@]1(NS(=O)(=O)/C=C/c2ccc(Cl)cc2)CCS(=O)(=O)C1. The van der Waals surface area contributed by atoms with Crippen LogP contribution in [0.3, 0.4) is 0 Å². The molecule has 1 aromatic rings. The number of rotatable bonds is 4. The standard InChI is InChI=1S/C13H16ClNO4S2/c1-13(7-9-20(16,17)10-13)15-21(18,19)8-6-11-2-4-12(14)5-3-11/h2-6,8,15H,7,9-10H2,1H3/b8-6+/t13-/m1/s1. The van der Waals surface area contributed by atoms with E-state index >= 15 is 0 Å². The molecule has 21 heavy (non-hydrogen) atoms. The van der Waals surface area contributed by atoms with Gasteiger partial charge in [0, 0.05) is 16.0 Å². The maximum atomic E-state index is 12.0. The summed E-state index contributed by atoms with van der Waals surface area (Å²) in [5.74, 6) is -0.166. The van der Waals surface area contributed by atoms with E-state index in [0.717, 1.165) is 5.41 Å². The van der Waals surface area contributed by atoms with Crippen LogP contribution >= 0.6 is 11.6 Å². The molecular formula is C13H16ClNO4S2. The average Bonchev–Trinajstić information content (AvgIpc) is 2.61. The Kier molecular flexibility index (Phi) is 4.49. The summed E-state index contributed by atoms with van der Waals surface area (Å²) >= 11 is 5.75. The fourth-order valence-electron chi connectivity index (χ4n) is 2.21. The molecule has 0 amide bonds. The van der Waals surface area contributed by atoms with Gasteiger partial charge in [0.1, 0.15) is 0 Å². The molecule has 0 spiro atoms. The summed E-state index contributed by atoms with van der Waals surface area (Å²) in [5, 5.41) is 1.60. The van der Waals surface area contributed by atoms with Crippen LogP contribution in [-0.4, -0.2) is 33.9 Å². The minimum absolute atomic E-state index is 0.00686. The minimum atomic E-state index is -3.71. The third-order valence-corrected chi connectivity index (χ3v) is 6.63. The molecule has 0 saturated carbocycles. The number of halogens is 1. The highest BCUT2D eigenvalue weighted by molar-refractivity contribution is 7.93. The van der Waals surface area contributed by atoms with Crippen LogP contribution in [0.25, 0.3) is 6.08 Å². The van der Waals surface area contributed by atoms with Crippen LogP contribution < -0.4 is 4.72 Å². The third kappa shape index (κ3) is 4.81. The Morgan fingerprint density at radius 3 is 2.43 bits per heavy atom. The summed E-state index contributed by atoms with van der Waals surface area (Å²) in [4.78, 5) is 0. The second-order valence-corrected chi connectivity index (χ2v) is 9.59. The van der Waals surface area contributed by atoms with Gasteiger partial charge in [-0.05, 0) is 37.1 Å². The first-order valence-electron chi connectivity index (χ1n) is 6.27. The van der Waals surface area contributed by atoms with Crippen LogP contribution in [0, 0.1) is 0 Å². The molecule has 0 aromatic heterocycles. The van der Waals surface area contributed by atoms with Gasteiger partial charge in [0.15, 0.2) is 9.84 Å². The Morgan fingerprint density at radius 2 is 1.90 bits per heavy atom. The molecule has 5 nitrogen and oxygen atoms in total. The Bertz CT molecular complexity index is 754. The van der Waals surface area contributed by atoms with Gasteiger partial charge in [0.05, 0.1) is 11.5 Å². The summed E-state index contributed by atoms with van der Waals surface area (Å²) in [6.07, 6.45) is 1.72. The molecule has 1 aliphatic rings. The van der Waals surface area contributed by atoms with Gasteiger partial charge < -0.3 is 0 Å². The maximum Gasteiger partial charge on any atom is 0.234 e. The molecule has 8 heteroatoms. The molecular weight excluding hydrogens is 334 g/mol. The number of sulfone groups is 1. The summed E-state index contributed by atoms with van der Waals surface area (Å²) in [6, 6.07) is 6.70. The van der Waals surface area contributed by atoms with Crippen LogP contribution in [-0.2, 0) is 19.9 Å². The monoisotopic (exact) mass is 349 g/mol. The van der Waals surface area contributed by atoms with E-state index in [0.29, 0.717) is 10.6 Å². The van der Waals surface area contributed by atoms with Crippen LogP contribution in [0.1, 0.15) is 18.9 Å². The van der Waals surface area contributed by atoms with Crippen LogP contribution in [0.2, 0.25) is 5.02 Å². The van der Waals surface area contributed by atoms with Crippen LogP contribution in [0.5, 0.6) is 0 Å². The zero-order chi connectivity index (χ0) is 15.7. The van der Waals surface area contributed by atoms with Gasteiger partial charge in [-0.3, -0.25) is 0 Å². The lowest BCUT2D eigenvalue weighted by Gasteiger charge is -2.22. The third-order valence-electron chi connectivity index (χ3n) is 3.20. The lowest BCUT2D eigenvalue weighted by atomic mass is 10.0. The molecule has 1 heterocycles. The molecule has 1 atom stereocenters. The van der Waals surface area contributed by atoms with Gasteiger partial charge in [0.25, 0.3) is 0 Å². The van der Waals surface area contributed by atoms with E-state index in [-0.39, 0.29) is 17.9 Å². The van der Waals surface area contributed by atoms with Gasteiger partial charge in [-0.2, -0.15) is 0 Å². The van der Waals surface area contributed by atoms with Crippen molar-refractivity contribution >= 4 is 37.5 Å². The topological polar surface area (TPSA) is 80.3 Å². The lowest BCUT2D eigenvalue weighted by molar-refractivity contribution is 0.465. The van der Waals surface area contributed by atoms with Crippen molar-refractivity contribution < 1.29 is 16.8 Å². The second kappa shape index (κ2) is 5.72. The summed E-state index contributed by atoms with van der Waals surface area (Å²) < 4.78 is 49.5. The van der Waals surface area contributed by atoms with E-state index in [9.17, 15) is 16.8 Å². The van der Waals surface area contributed by atoms with Gasteiger partial charge in [0.2, 0.25) is 10.0 Å². The predicted octanol–water partition coefficient (Wildman–Crippen LogP) is 1.81. The molecule has 0 unspecified atom stereocenters. The number of sulfonamides is 1. The quantitative estimate of drug-likeness (QED) is 0.898. The summed E-state index contributed by atoms with van der Waals surface area (Å²) in [6.45, 7) is 1.60. The minimum Gasteiger partial charge on any atom is -0.229 e. The second-order valence-electron chi connectivity index (χ2n) is 5.40.